The van der Waals surface area contributed by atoms with Gasteiger partial charge >= 0.3 is 0 Å². The van der Waals surface area contributed by atoms with E-state index in [2.05, 4.69) is 4.98 Å². The maximum atomic E-state index is 12.7. The largest absolute Gasteiger partial charge is 0.382 e. The summed E-state index contributed by atoms with van der Waals surface area (Å²) in [5.74, 6) is -0.147. The van der Waals surface area contributed by atoms with E-state index in [-0.39, 0.29) is 5.78 Å². The molecule has 0 saturated heterocycles. The standard InChI is InChI=1S/C16H17NO2/c18-15(16(19)8-2-1-3-9-16)13-6-4-5-12-7-10-17-11-14(12)13/h4-7,10-11,19H,1-3,8-9H2. The number of hydrogen-bond donors (Lipinski definition) is 1. The van der Waals surface area contributed by atoms with Crippen LogP contribution in [-0.4, -0.2) is 21.5 Å². The third kappa shape index (κ3) is 2.15. The van der Waals surface area contributed by atoms with Gasteiger partial charge in [-0.1, -0.05) is 37.5 Å². The lowest BCUT2D eigenvalue weighted by atomic mass is 9.79. The van der Waals surface area contributed by atoms with Crippen molar-refractivity contribution in [1.29, 1.82) is 0 Å². The molecule has 1 aliphatic carbocycles. The minimum Gasteiger partial charge on any atom is -0.382 e. The molecule has 3 heteroatoms. The van der Waals surface area contributed by atoms with Gasteiger partial charge in [0, 0.05) is 23.3 Å². The van der Waals surface area contributed by atoms with Gasteiger partial charge in [0.25, 0.3) is 0 Å². The number of pyridine rings is 1. The van der Waals surface area contributed by atoms with E-state index in [4.69, 9.17) is 0 Å². The van der Waals surface area contributed by atoms with Crippen molar-refractivity contribution in [2.24, 2.45) is 0 Å². The van der Waals surface area contributed by atoms with Crippen LogP contribution in [0.1, 0.15) is 42.5 Å². The molecule has 0 atom stereocenters. The Hall–Kier alpha value is -1.74. The normalized spacial score (nSPS) is 18.4. The number of nitrogens with zero attached hydrogens (tertiary/aromatic N) is 1. The number of carbonyl (C=O) groups excluding carboxylic acids is 1. The van der Waals surface area contributed by atoms with Crippen LogP contribution >= 0.6 is 0 Å². The van der Waals surface area contributed by atoms with Crippen LogP contribution < -0.4 is 0 Å². The lowest BCUT2D eigenvalue weighted by Gasteiger charge is -2.30. The molecule has 0 spiro atoms. The van der Waals surface area contributed by atoms with Crippen LogP contribution in [-0.2, 0) is 0 Å². The third-order valence-electron chi connectivity index (χ3n) is 4.03. The molecule has 3 rings (SSSR count). The van der Waals surface area contributed by atoms with Crippen molar-refractivity contribution in [3.05, 3.63) is 42.2 Å². The predicted molar refractivity (Wildman–Crippen MR) is 74.1 cm³/mol. The van der Waals surface area contributed by atoms with E-state index in [0.29, 0.717) is 18.4 Å². The monoisotopic (exact) mass is 255 g/mol. The summed E-state index contributed by atoms with van der Waals surface area (Å²) in [6, 6.07) is 7.50. The highest BCUT2D eigenvalue weighted by Crippen LogP contribution is 2.32. The fraction of sp³-hybridized carbons (Fsp3) is 0.375. The molecule has 19 heavy (non-hydrogen) atoms. The maximum Gasteiger partial charge on any atom is 0.195 e. The average molecular weight is 255 g/mol. The lowest BCUT2D eigenvalue weighted by Crippen LogP contribution is -2.40. The number of carbonyl (C=O) groups is 1. The molecule has 1 aromatic heterocycles. The minimum atomic E-state index is -1.18. The van der Waals surface area contributed by atoms with Crippen LogP contribution in [0.3, 0.4) is 0 Å². The zero-order valence-corrected chi connectivity index (χ0v) is 10.8. The fourth-order valence-electron chi connectivity index (χ4n) is 2.93. The van der Waals surface area contributed by atoms with Gasteiger partial charge in [0.05, 0.1) is 0 Å². The highest BCUT2D eigenvalue weighted by atomic mass is 16.3. The summed E-state index contributed by atoms with van der Waals surface area (Å²) >= 11 is 0. The van der Waals surface area contributed by atoms with Gasteiger partial charge in [-0.05, 0) is 24.3 Å². The van der Waals surface area contributed by atoms with Crippen molar-refractivity contribution < 1.29 is 9.90 Å². The molecular formula is C16H17NO2. The molecule has 3 nitrogen and oxygen atoms in total. The summed E-state index contributed by atoms with van der Waals surface area (Å²) in [5, 5.41) is 12.4. The van der Waals surface area contributed by atoms with Crippen LogP contribution in [0.4, 0.5) is 0 Å². The molecule has 0 radical (unpaired) electrons. The molecule has 1 N–H and O–H groups in total. The van der Waals surface area contributed by atoms with Crippen LogP contribution in [0.15, 0.2) is 36.7 Å². The Kier molecular flexibility index (Phi) is 3.07. The zero-order chi connectivity index (χ0) is 13.3. The summed E-state index contributed by atoms with van der Waals surface area (Å²) in [6.07, 6.45) is 7.51. The molecular weight excluding hydrogens is 238 g/mol. The third-order valence-corrected chi connectivity index (χ3v) is 4.03. The van der Waals surface area contributed by atoms with Crippen molar-refractivity contribution in [2.45, 2.75) is 37.7 Å². The summed E-state index contributed by atoms with van der Waals surface area (Å²) in [7, 11) is 0. The van der Waals surface area contributed by atoms with Crippen molar-refractivity contribution in [1.82, 2.24) is 4.98 Å². The Morgan fingerprint density at radius 2 is 1.95 bits per heavy atom. The Labute approximate surface area is 112 Å². The number of Topliss-reactive ketones (excluding diaryl/α,β-unsaturated/α-hetero) is 1. The van der Waals surface area contributed by atoms with Gasteiger partial charge in [-0.2, -0.15) is 0 Å². The Morgan fingerprint density at radius 1 is 1.16 bits per heavy atom. The fourth-order valence-corrected chi connectivity index (χ4v) is 2.93. The van der Waals surface area contributed by atoms with E-state index in [1.165, 1.54) is 0 Å². The Balaban J connectivity index is 2.06. The molecule has 1 aromatic carbocycles. The first kappa shape index (κ1) is 12.3. The number of ketones is 1. The minimum absolute atomic E-state index is 0.147. The number of benzene rings is 1. The Morgan fingerprint density at radius 3 is 2.74 bits per heavy atom. The van der Waals surface area contributed by atoms with Crippen LogP contribution in [0.25, 0.3) is 10.8 Å². The van der Waals surface area contributed by atoms with E-state index in [9.17, 15) is 9.90 Å². The van der Waals surface area contributed by atoms with Crippen LogP contribution in [0.5, 0.6) is 0 Å². The van der Waals surface area contributed by atoms with Crippen molar-refractivity contribution in [2.75, 3.05) is 0 Å². The number of aromatic nitrogens is 1. The molecule has 0 unspecified atom stereocenters. The highest BCUT2D eigenvalue weighted by molar-refractivity contribution is 6.11. The van der Waals surface area contributed by atoms with Gasteiger partial charge in [-0.15, -0.1) is 0 Å². The summed E-state index contributed by atoms with van der Waals surface area (Å²) in [6.45, 7) is 0. The summed E-state index contributed by atoms with van der Waals surface area (Å²) in [4.78, 5) is 16.7. The maximum absolute atomic E-state index is 12.7. The van der Waals surface area contributed by atoms with Crippen LogP contribution in [0.2, 0.25) is 0 Å². The second kappa shape index (κ2) is 4.74. The van der Waals surface area contributed by atoms with Crippen molar-refractivity contribution >= 4 is 16.6 Å². The summed E-state index contributed by atoms with van der Waals surface area (Å²) in [5.41, 5.74) is -0.586. The van der Waals surface area contributed by atoms with E-state index in [1.807, 2.05) is 18.2 Å². The van der Waals surface area contributed by atoms with Gasteiger partial charge in [0.2, 0.25) is 0 Å². The smallest absolute Gasteiger partial charge is 0.195 e. The first-order valence-corrected chi connectivity index (χ1v) is 6.81. The van der Waals surface area contributed by atoms with E-state index in [0.717, 1.165) is 30.0 Å². The van der Waals surface area contributed by atoms with E-state index < -0.39 is 5.60 Å². The molecule has 0 aliphatic heterocycles. The first-order chi connectivity index (χ1) is 9.21. The molecule has 2 aromatic rings. The molecule has 1 heterocycles. The van der Waals surface area contributed by atoms with Gasteiger partial charge in [-0.3, -0.25) is 9.78 Å². The zero-order valence-electron chi connectivity index (χ0n) is 10.8. The number of rotatable bonds is 2. The number of aliphatic hydroxyl groups is 1. The average Bonchev–Trinajstić information content (AvgIpc) is 2.47. The van der Waals surface area contributed by atoms with Gasteiger partial charge in [0.15, 0.2) is 5.78 Å². The van der Waals surface area contributed by atoms with Crippen molar-refractivity contribution in [3.8, 4) is 0 Å². The highest BCUT2D eigenvalue weighted by Gasteiger charge is 2.38. The predicted octanol–water partition coefficient (Wildman–Crippen LogP) is 3.11. The summed E-state index contributed by atoms with van der Waals surface area (Å²) < 4.78 is 0. The molecule has 0 amide bonds. The number of hydrogen-bond acceptors (Lipinski definition) is 3. The van der Waals surface area contributed by atoms with Gasteiger partial charge in [0.1, 0.15) is 5.60 Å². The van der Waals surface area contributed by atoms with Gasteiger partial charge in [-0.25, -0.2) is 0 Å². The first-order valence-electron chi connectivity index (χ1n) is 6.81. The molecule has 98 valence electrons. The molecule has 0 bridgehead atoms. The SMILES string of the molecule is O=C(c1cccc2ccncc12)C1(O)CCCCC1. The molecule has 1 fully saturated rings. The second-order valence-electron chi connectivity index (χ2n) is 5.32. The lowest BCUT2D eigenvalue weighted by molar-refractivity contribution is 0.0118. The quantitative estimate of drug-likeness (QED) is 0.839. The van der Waals surface area contributed by atoms with Crippen LogP contribution in [0, 0.1) is 0 Å². The topological polar surface area (TPSA) is 50.2 Å². The molecule has 1 saturated carbocycles. The van der Waals surface area contributed by atoms with Gasteiger partial charge < -0.3 is 5.11 Å². The molecule has 1 aliphatic rings. The van der Waals surface area contributed by atoms with E-state index in [1.54, 1.807) is 18.5 Å². The Bertz CT molecular complexity index is 610. The van der Waals surface area contributed by atoms with Crippen molar-refractivity contribution in [3.63, 3.8) is 0 Å². The van der Waals surface area contributed by atoms with E-state index >= 15 is 0 Å². The second-order valence-corrected chi connectivity index (χ2v) is 5.32. The number of fused-ring (bicyclic) bond motifs is 1.